The van der Waals surface area contributed by atoms with Gasteiger partial charge < -0.3 is 9.47 Å². The highest BCUT2D eigenvalue weighted by molar-refractivity contribution is 5.76. The van der Waals surface area contributed by atoms with Crippen LogP contribution in [0.15, 0.2) is 23.1 Å². The number of hydrogen-bond donors (Lipinski definition) is 0. The summed E-state index contributed by atoms with van der Waals surface area (Å²) in [7, 11) is 0. The third-order valence-corrected chi connectivity index (χ3v) is 2.78. The average molecular weight is 250 g/mol. The minimum Gasteiger partial charge on any atom is -0.341 e. The number of nitrogens with zero attached hydrogens (tertiary/aromatic N) is 2. The summed E-state index contributed by atoms with van der Waals surface area (Å²) >= 11 is 0. The van der Waals surface area contributed by atoms with Crippen molar-refractivity contribution < 1.29 is 4.79 Å². The summed E-state index contributed by atoms with van der Waals surface area (Å²) in [5, 5.41) is 0. The van der Waals surface area contributed by atoms with E-state index in [2.05, 4.69) is 13.8 Å². The molecule has 4 heteroatoms. The second-order valence-corrected chi connectivity index (χ2v) is 4.55. The van der Waals surface area contributed by atoms with Gasteiger partial charge in [-0.3, -0.25) is 9.59 Å². The maximum Gasteiger partial charge on any atom is 0.251 e. The first-order valence-corrected chi connectivity index (χ1v) is 6.53. The quantitative estimate of drug-likeness (QED) is 0.772. The SMILES string of the molecule is CCCN(CCC)C(=O)Cn1cc(C)ccc1=O. The lowest BCUT2D eigenvalue weighted by Gasteiger charge is -2.21. The molecule has 18 heavy (non-hydrogen) atoms. The topological polar surface area (TPSA) is 42.3 Å². The average Bonchev–Trinajstić information content (AvgIpc) is 2.33. The largest absolute Gasteiger partial charge is 0.341 e. The molecule has 0 unspecified atom stereocenters. The van der Waals surface area contributed by atoms with Crippen molar-refractivity contribution in [2.75, 3.05) is 13.1 Å². The molecule has 1 rings (SSSR count). The predicted octanol–water partition coefficient (Wildman–Crippen LogP) is 1.81. The molecule has 0 bridgehead atoms. The van der Waals surface area contributed by atoms with Crippen LogP contribution in [0.3, 0.4) is 0 Å². The lowest BCUT2D eigenvalue weighted by Crippen LogP contribution is -2.37. The zero-order valence-corrected chi connectivity index (χ0v) is 11.5. The number of aromatic nitrogens is 1. The summed E-state index contributed by atoms with van der Waals surface area (Å²) in [6.07, 6.45) is 3.61. The van der Waals surface area contributed by atoms with Gasteiger partial charge in [0.1, 0.15) is 6.54 Å². The van der Waals surface area contributed by atoms with Crippen LogP contribution in [-0.2, 0) is 11.3 Å². The number of carbonyl (C=O) groups excluding carboxylic acids is 1. The Labute approximate surface area is 108 Å². The molecule has 0 N–H and O–H groups in total. The zero-order chi connectivity index (χ0) is 13.5. The van der Waals surface area contributed by atoms with Crippen molar-refractivity contribution in [1.82, 2.24) is 9.47 Å². The molecule has 0 aliphatic carbocycles. The van der Waals surface area contributed by atoms with Crippen molar-refractivity contribution >= 4 is 5.91 Å². The third kappa shape index (κ3) is 4.02. The third-order valence-electron chi connectivity index (χ3n) is 2.78. The first-order chi connectivity index (χ1) is 8.58. The Kier molecular flexibility index (Phi) is 5.62. The highest BCUT2D eigenvalue weighted by Crippen LogP contribution is 1.99. The molecule has 0 aromatic carbocycles. The van der Waals surface area contributed by atoms with Crippen molar-refractivity contribution in [3.8, 4) is 0 Å². The van der Waals surface area contributed by atoms with E-state index in [1.807, 2.05) is 11.8 Å². The van der Waals surface area contributed by atoms with Crippen LogP contribution in [-0.4, -0.2) is 28.5 Å². The molecular weight excluding hydrogens is 228 g/mol. The summed E-state index contributed by atoms with van der Waals surface area (Å²) in [5.41, 5.74) is 0.863. The van der Waals surface area contributed by atoms with E-state index in [4.69, 9.17) is 0 Å². The molecule has 1 aromatic rings. The fourth-order valence-corrected chi connectivity index (χ4v) is 1.92. The van der Waals surface area contributed by atoms with Crippen LogP contribution in [0.1, 0.15) is 32.3 Å². The molecule has 0 saturated carbocycles. The summed E-state index contributed by atoms with van der Waals surface area (Å²) in [5.74, 6) is 0.0198. The molecule has 0 radical (unpaired) electrons. The monoisotopic (exact) mass is 250 g/mol. The lowest BCUT2D eigenvalue weighted by atomic mass is 10.3. The lowest BCUT2D eigenvalue weighted by molar-refractivity contribution is -0.132. The first kappa shape index (κ1) is 14.5. The van der Waals surface area contributed by atoms with Crippen LogP contribution in [0.4, 0.5) is 0 Å². The first-order valence-electron chi connectivity index (χ1n) is 6.53. The molecule has 0 spiro atoms. The van der Waals surface area contributed by atoms with E-state index in [1.54, 1.807) is 12.3 Å². The van der Waals surface area contributed by atoms with Gasteiger partial charge in [-0.15, -0.1) is 0 Å². The molecule has 0 atom stereocenters. The Morgan fingerprint density at radius 1 is 1.22 bits per heavy atom. The van der Waals surface area contributed by atoms with Crippen molar-refractivity contribution in [1.29, 1.82) is 0 Å². The maximum absolute atomic E-state index is 12.1. The summed E-state index contributed by atoms with van der Waals surface area (Å²) in [6.45, 7) is 7.67. The van der Waals surface area contributed by atoms with Gasteiger partial charge in [0.2, 0.25) is 5.91 Å². The maximum atomic E-state index is 12.1. The molecule has 0 aliphatic rings. The Morgan fingerprint density at radius 2 is 1.83 bits per heavy atom. The van der Waals surface area contributed by atoms with Gasteiger partial charge in [0.05, 0.1) is 0 Å². The minimum absolute atomic E-state index is 0.0198. The molecule has 1 amide bonds. The standard InChI is InChI=1S/C14H22N2O2/c1-4-8-15(9-5-2)14(18)11-16-10-12(3)6-7-13(16)17/h6-7,10H,4-5,8-9,11H2,1-3H3. The van der Waals surface area contributed by atoms with E-state index in [0.717, 1.165) is 31.5 Å². The van der Waals surface area contributed by atoms with Gasteiger partial charge in [0, 0.05) is 25.4 Å². The number of pyridine rings is 1. The van der Waals surface area contributed by atoms with Crippen LogP contribution < -0.4 is 5.56 Å². The van der Waals surface area contributed by atoms with Crippen LogP contribution in [0, 0.1) is 6.92 Å². The number of carbonyl (C=O) groups is 1. The molecule has 1 aromatic heterocycles. The molecule has 4 nitrogen and oxygen atoms in total. The second kappa shape index (κ2) is 6.99. The normalized spacial score (nSPS) is 10.4. The summed E-state index contributed by atoms with van der Waals surface area (Å²) in [6, 6.07) is 3.27. The Morgan fingerprint density at radius 3 is 2.39 bits per heavy atom. The van der Waals surface area contributed by atoms with E-state index in [-0.39, 0.29) is 18.0 Å². The van der Waals surface area contributed by atoms with E-state index >= 15 is 0 Å². The van der Waals surface area contributed by atoms with Crippen LogP contribution >= 0.6 is 0 Å². The minimum atomic E-state index is -0.123. The van der Waals surface area contributed by atoms with Crippen molar-refractivity contribution in [3.05, 3.63) is 34.2 Å². The van der Waals surface area contributed by atoms with Crippen LogP contribution in [0.2, 0.25) is 0 Å². The highest BCUT2D eigenvalue weighted by atomic mass is 16.2. The zero-order valence-electron chi connectivity index (χ0n) is 11.5. The van der Waals surface area contributed by atoms with E-state index in [0.29, 0.717) is 0 Å². The molecule has 0 aliphatic heterocycles. The number of rotatable bonds is 6. The highest BCUT2D eigenvalue weighted by Gasteiger charge is 2.12. The fourth-order valence-electron chi connectivity index (χ4n) is 1.92. The molecule has 0 saturated heterocycles. The van der Waals surface area contributed by atoms with Gasteiger partial charge in [0.15, 0.2) is 0 Å². The van der Waals surface area contributed by atoms with E-state index < -0.39 is 0 Å². The smallest absolute Gasteiger partial charge is 0.251 e. The van der Waals surface area contributed by atoms with Crippen molar-refractivity contribution in [2.24, 2.45) is 0 Å². The summed E-state index contributed by atoms with van der Waals surface area (Å²) < 4.78 is 1.48. The van der Waals surface area contributed by atoms with E-state index in [1.165, 1.54) is 10.6 Å². The van der Waals surface area contributed by atoms with Gasteiger partial charge in [0.25, 0.3) is 5.56 Å². The second-order valence-electron chi connectivity index (χ2n) is 4.55. The number of aryl methyl sites for hydroxylation is 1. The summed E-state index contributed by atoms with van der Waals surface area (Å²) in [4.78, 5) is 25.6. The van der Waals surface area contributed by atoms with Gasteiger partial charge in [-0.25, -0.2) is 0 Å². The molecule has 100 valence electrons. The van der Waals surface area contributed by atoms with Crippen LogP contribution in [0.25, 0.3) is 0 Å². The molecular formula is C14H22N2O2. The fraction of sp³-hybridized carbons (Fsp3) is 0.571. The number of hydrogen-bond acceptors (Lipinski definition) is 2. The van der Waals surface area contributed by atoms with Gasteiger partial charge in [-0.05, 0) is 25.3 Å². The molecule has 0 fully saturated rings. The number of amides is 1. The van der Waals surface area contributed by atoms with Crippen LogP contribution in [0.5, 0.6) is 0 Å². The molecule has 1 heterocycles. The van der Waals surface area contributed by atoms with Gasteiger partial charge in [-0.2, -0.15) is 0 Å². The Balaban J connectivity index is 2.78. The Bertz CT molecular complexity index is 445. The van der Waals surface area contributed by atoms with E-state index in [9.17, 15) is 9.59 Å². The predicted molar refractivity (Wildman–Crippen MR) is 72.6 cm³/mol. The van der Waals surface area contributed by atoms with Gasteiger partial charge >= 0.3 is 0 Å². The van der Waals surface area contributed by atoms with Gasteiger partial charge in [-0.1, -0.05) is 19.9 Å². The van der Waals surface area contributed by atoms with Crippen molar-refractivity contribution in [2.45, 2.75) is 40.2 Å². The Hall–Kier alpha value is -1.58. The van der Waals surface area contributed by atoms with Crippen molar-refractivity contribution in [3.63, 3.8) is 0 Å².